The molecular formula is C13H18Cl2N2O3S. The topological polar surface area (TPSA) is 66.5 Å². The first-order valence-corrected chi connectivity index (χ1v) is 8.72. The molecular weight excluding hydrogens is 335 g/mol. The number of carbonyl (C=O) groups is 1. The number of nitrogens with one attached hydrogen (secondary N) is 1. The molecule has 118 valence electrons. The number of hydrogen-bond acceptors (Lipinski definition) is 3. The van der Waals surface area contributed by atoms with Crippen molar-refractivity contribution in [1.82, 2.24) is 9.62 Å². The Kier molecular flexibility index (Phi) is 6.93. The zero-order chi connectivity index (χ0) is 16.0. The summed E-state index contributed by atoms with van der Waals surface area (Å²) >= 11 is 11.6. The standard InChI is InChI=1S/C13H18Cl2N2O3S/c1-3-7-17(10(2)18)8-6-16-21(19,20)11-4-5-12(14)13(15)9-11/h4-5,9,16H,3,6-8H2,1-2H3. The van der Waals surface area contributed by atoms with E-state index in [9.17, 15) is 13.2 Å². The van der Waals surface area contributed by atoms with E-state index >= 15 is 0 Å². The summed E-state index contributed by atoms with van der Waals surface area (Å²) < 4.78 is 26.6. The van der Waals surface area contributed by atoms with Crippen LogP contribution in [-0.2, 0) is 14.8 Å². The van der Waals surface area contributed by atoms with Crippen LogP contribution in [0.5, 0.6) is 0 Å². The maximum absolute atomic E-state index is 12.1. The number of benzene rings is 1. The van der Waals surface area contributed by atoms with Gasteiger partial charge in [0.05, 0.1) is 14.9 Å². The van der Waals surface area contributed by atoms with Crippen molar-refractivity contribution >= 4 is 39.1 Å². The van der Waals surface area contributed by atoms with E-state index in [1.54, 1.807) is 4.90 Å². The average molecular weight is 353 g/mol. The molecule has 0 spiro atoms. The molecule has 1 aromatic rings. The van der Waals surface area contributed by atoms with Crippen LogP contribution in [0.1, 0.15) is 20.3 Å². The quantitative estimate of drug-likeness (QED) is 0.819. The van der Waals surface area contributed by atoms with E-state index in [0.717, 1.165) is 6.42 Å². The highest BCUT2D eigenvalue weighted by Crippen LogP contribution is 2.24. The summed E-state index contributed by atoms with van der Waals surface area (Å²) in [5, 5.41) is 0.470. The highest BCUT2D eigenvalue weighted by Gasteiger charge is 2.16. The lowest BCUT2D eigenvalue weighted by Gasteiger charge is -2.20. The lowest BCUT2D eigenvalue weighted by atomic mass is 10.4. The fourth-order valence-electron chi connectivity index (χ4n) is 1.74. The molecule has 1 amide bonds. The monoisotopic (exact) mass is 352 g/mol. The van der Waals surface area contributed by atoms with Gasteiger partial charge in [-0.2, -0.15) is 0 Å². The fraction of sp³-hybridized carbons (Fsp3) is 0.462. The van der Waals surface area contributed by atoms with Gasteiger partial charge in [0, 0.05) is 26.6 Å². The molecule has 0 saturated heterocycles. The molecule has 0 fully saturated rings. The second-order valence-electron chi connectivity index (χ2n) is 4.48. The van der Waals surface area contributed by atoms with Crippen molar-refractivity contribution in [2.24, 2.45) is 0 Å². The second-order valence-corrected chi connectivity index (χ2v) is 7.06. The van der Waals surface area contributed by atoms with Crippen LogP contribution < -0.4 is 4.72 Å². The largest absolute Gasteiger partial charge is 0.342 e. The third kappa shape index (κ3) is 5.47. The number of nitrogens with zero attached hydrogens (tertiary/aromatic N) is 1. The molecule has 0 radical (unpaired) electrons. The Morgan fingerprint density at radius 1 is 1.24 bits per heavy atom. The summed E-state index contributed by atoms with van der Waals surface area (Å²) in [4.78, 5) is 13.0. The Bertz CT molecular complexity index is 605. The molecule has 0 saturated carbocycles. The normalized spacial score (nSPS) is 11.4. The summed E-state index contributed by atoms with van der Waals surface area (Å²) in [5.74, 6) is -0.0782. The number of hydrogen-bond donors (Lipinski definition) is 1. The molecule has 0 heterocycles. The van der Waals surface area contributed by atoms with Gasteiger partial charge in [0.25, 0.3) is 0 Å². The van der Waals surface area contributed by atoms with Crippen LogP contribution in [0.25, 0.3) is 0 Å². The first-order valence-electron chi connectivity index (χ1n) is 6.48. The van der Waals surface area contributed by atoms with Gasteiger partial charge < -0.3 is 4.90 Å². The minimum atomic E-state index is -3.67. The third-order valence-electron chi connectivity index (χ3n) is 2.81. The number of carbonyl (C=O) groups excluding carboxylic acids is 1. The fourth-order valence-corrected chi connectivity index (χ4v) is 3.15. The first-order chi connectivity index (χ1) is 9.77. The zero-order valence-electron chi connectivity index (χ0n) is 11.9. The lowest BCUT2D eigenvalue weighted by molar-refractivity contribution is -0.128. The second kappa shape index (κ2) is 7.98. The van der Waals surface area contributed by atoms with Crippen molar-refractivity contribution in [2.45, 2.75) is 25.2 Å². The lowest BCUT2D eigenvalue weighted by Crippen LogP contribution is -2.37. The highest BCUT2D eigenvalue weighted by molar-refractivity contribution is 7.89. The maximum Gasteiger partial charge on any atom is 0.240 e. The number of amides is 1. The summed E-state index contributed by atoms with van der Waals surface area (Å²) in [6, 6.07) is 4.10. The maximum atomic E-state index is 12.1. The van der Waals surface area contributed by atoms with E-state index in [4.69, 9.17) is 23.2 Å². The van der Waals surface area contributed by atoms with Crippen molar-refractivity contribution in [3.05, 3.63) is 28.2 Å². The number of sulfonamides is 1. The van der Waals surface area contributed by atoms with Gasteiger partial charge in [-0.3, -0.25) is 4.79 Å². The van der Waals surface area contributed by atoms with E-state index in [2.05, 4.69) is 4.72 Å². The van der Waals surface area contributed by atoms with Crippen molar-refractivity contribution in [1.29, 1.82) is 0 Å². The van der Waals surface area contributed by atoms with Gasteiger partial charge in [-0.05, 0) is 24.6 Å². The van der Waals surface area contributed by atoms with Crippen LogP contribution in [0.3, 0.4) is 0 Å². The van der Waals surface area contributed by atoms with Crippen molar-refractivity contribution in [3.8, 4) is 0 Å². The average Bonchev–Trinajstić information content (AvgIpc) is 2.40. The highest BCUT2D eigenvalue weighted by atomic mass is 35.5. The van der Waals surface area contributed by atoms with E-state index in [0.29, 0.717) is 18.1 Å². The molecule has 5 nitrogen and oxygen atoms in total. The Labute approximate surface area is 135 Å². The summed E-state index contributed by atoms with van der Waals surface area (Å²) in [6.07, 6.45) is 0.819. The molecule has 1 N–H and O–H groups in total. The molecule has 0 unspecified atom stereocenters. The van der Waals surface area contributed by atoms with Crippen LogP contribution >= 0.6 is 23.2 Å². The Morgan fingerprint density at radius 2 is 1.90 bits per heavy atom. The van der Waals surface area contributed by atoms with Crippen LogP contribution in [0.4, 0.5) is 0 Å². The van der Waals surface area contributed by atoms with Gasteiger partial charge in [-0.15, -0.1) is 0 Å². The van der Waals surface area contributed by atoms with Crippen LogP contribution in [-0.4, -0.2) is 38.9 Å². The van der Waals surface area contributed by atoms with Crippen LogP contribution in [0, 0.1) is 0 Å². The minimum absolute atomic E-state index is 0.0433. The van der Waals surface area contributed by atoms with Crippen LogP contribution in [0.15, 0.2) is 23.1 Å². The zero-order valence-corrected chi connectivity index (χ0v) is 14.2. The molecule has 1 rings (SSSR count). The molecule has 0 aliphatic carbocycles. The van der Waals surface area contributed by atoms with Gasteiger partial charge in [0.2, 0.25) is 15.9 Å². The van der Waals surface area contributed by atoms with E-state index in [1.807, 2.05) is 6.92 Å². The first kappa shape index (κ1) is 18.2. The van der Waals surface area contributed by atoms with E-state index in [1.165, 1.54) is 25.1 Å². The smallest absolute Gasteiger partial charge is 0.240 e. The van der Waals surface area contributed by atoms with Crippen molar-refractivity contribution < 1.29 is 13.2 Å². The number of rotatable bonds is 7. The molecule has 0 aliphatic rings. The summed E-state index contributed by atoms with van der Waals surface area (Å²) in [6.45, 7) is 4.48. The molecule has 0 atom stereocenters. The molecule has 0 bridgehead atoms. The predicted molar refractivity (Wildman–Crippen MR) is 84.2 cm³/mol. The summed E-state index contributed by atoms with van der Waals surface area (Å²) in [5.41, 5.74) is 0. The van der Waals surface area contributed by atoms with Gasteiger partial charge in [-0.1, -0.05) is 30.1 Å². The SMILES string of the molecule is CCCN(CCNS(=O)(=O)c1ccc(Cl)c(Cl)c1)C(C)=O. The minimum Gasteiger partial charge on any atom is -0.342 e. The molecule has 21 heavy (non-hydrogen) atoms. The molecule has 0 aromatic heterocycles. The Balaban J connectivity index is 2.68. The third-order valence-corrected chi connectivity index (χ3v) is 5.01. The van der Waals surface area contributed by atoms with Gasteiger partial charge in [-0.25, -0.2) is 13.1 Å². The Hall–Kier alpha value is -0.820. The van der Waals surface area contributed by atoms with E-state index in [-0.39, 0.29) is 22.4 Å². The molecule has 1 aromatic carbocycles. The molecule has 8 heteroatoms. The molecule has 0 aliphatic heterocycles. The van der Waals surface area contributed by atoms with Gasteiger partial charge in [0.15, 0.2) is 0 Å². The number of halogens is 2. The van der Waals surface area contributed by atoms with Gasteiger partial charge >= 0.3 is 0 Å². The predicted octanol–water partition coefficient (Wildman–Crippen LogP) is 2.53. The van der Waals surface area contributed by atoms with Gasteiger partial charge in [0.1, 0.15) is 0 Å². The van der Waals surface area contributed by atoms with Crippen molar-refractivity contribution in [3.63, 3.8) is 0 Å². The van der Waals surface area contributed by atoms with Crippen LogP contribution in [0.2, 0.25) is 10.0 Å². The van der Waals surface area contributed by atoms with Crippen molar-refractivity contribution in [2.75, 3.05) is 19.6 Å². The van der Waals surface area contributed by atoms with E-state index < -0.39 is 10.0 Å². The summed E-state index contributed by atoms with van der Waals surface area (Å²) in [7, 11) is -3.67. The Morgan fingerprint density at radius 3 is 2.43 bits per heavy atom.